The number of nitrogens with zero attached hydrogens (tertiary/aromatic N) is 1. The Balaban J connectivity index is 1.23. The number of nitrogens with one attached hydrogen (secondary N) is 1. The second-order valence-electron chi connectivity index (χ2n) is 14.2. The van der Waals surface area contributed by atoms with Crippen molar-refractivity contribution < 1.29 is 19.4 Å². The Kier molecular flexibility index (Phi) is 8.49. The molecule has 0 spiro atoms. The molecule has 5 unspecified atom stereocenters. The van der Waals surface area contributed by atoms with Crippen LogP contribution in [0.25, 0.3) is 11.1 Å². The number of aliphatic hydroxyl groups excluding tert-OH is 1. The predicted molar refractivity (Wildman–Crippen MR) is 169 cm³/mol. The molecule has 6 rings (SSSR count). The van der Waals surface area contributed by atoms with Crippen LogP contribution in [0.4, 0.5) is 0 Å². The molecule has 6 heteroatoms. The van der Waals surface area contributed by atoms with Crippen LogP contribution in [0.5, 0.6) is 0 Å². The number of amides is 1. The van der Waals surface area contributed by atoms with Gasteiger partial charge in [-0.25, -0.2) is 0 Å². The zero-order chi connectivity index (χ0) is 30.2. The van der Waals surface area contributed by atoms with E-state index in [0.29, 0.717) is 23.4 Å². The fraction of sp³-hybridized carbons (Fsp3) is 0.486. The Morgan fingerprint density at radius 2 is 1.67 bits per heavy atom. The molecule has 5 atom stereocenters. The summed E-state index contributed by atoms with van der Waals surface area (Å²) in [4.78, 5) is 14.2. The smallest absolute Gasteiger partial charge is 0.217 e. The second kappa shape index (κ2) is 12.2. The highest BCUT2D eigenvalue weighted by atomic mass is 16.7. The van der Waals surface area contributed by atoms with Gasteiger partial charge in [0.1, 0.15) is 0 Å². The van der Waals surface area contributed by atoms with Crippen molar-refractivity contribution in [3.05, 3.63) is 95.1 Å². The van der Waals surface area contributed by atoms with Crippen molar-refractivity contribution in [1.29, 1.82) is 0 Å². The summed E-state index contributed by atoms with van der Waals surface area (Å²) in [5.41, 5.74) is 7.05. The SMILES string of the molecule is CC(=O)NCc1ccccc1-c1ccc(C2OC(CN3CC4(C)CC3CC(C)(C)C4)CC(c3ccc(CO)cc3)O2)cc1. The molecule has 6 nitrogen and oxygen atoms in total. The van der Waals surface area contributed by atoms with E-state index >= 15 is 0 Å². The van der Waals surface area contributed by atoms with Gasteiger partial charge in [-0.2, -0.15) is 0 Å². The number of carbonyl (C=O) groups is 1. The van der Waals surface area contributed by atoms with Gasteiger partial charge in [-0.1, -0.05) is 93.6 Å². The Hall–Kier alpha value is -3.03. The molecule has 2 N–H and O–H groups in total. The Morgan fingerprint density at radius 1 is 0.953 bits per heavy atom. The molecule has 3 aromatic carbocycles. The van der Waals surface area contributed by atoms with Crippen LogP contribution in [-0.2, 0) is 27.4 Å². The number of benzene rings is 3. The number of hydrogen-bond acceptors (Lipinski definition) is 5. The van der Waals surface area contributed by atoms with E-state index in [0.717, 1.165) is 52.9 Å². The molecule has 2 heterocycles. The molecule has 1 saturated carbocycles. The van der Waals surface area contributed by atoms with E-state index in [4.69, 9.17) is 9.47 Å². The number of fused-ring (bicyclic) bond motifs is 2. The molecule has 1 aliphatic carbocycles. The lowest BCUT2D eigenvalue weighted by molar-refractivity contribution is -0.253. The standard InChI is InChI=1S/C37H46N2O4/c1-25(41)38-20-30-7-5-6-8-33(30)27-13-15-29(16-14-27)35-42-32(17-34(43-35)28-11-9-26(22-40)10-12-28)21-39-24-37(4)19-31(39)18-36(2,3)23-37/h5-16,31-32,34-35,40H,17-24H2,1-4H3,(H,38,41). The number of rotatable bonds is 8. The van der Waals surface area contributed by atoms with Crippen LogP contribution in [0.1, 0.15) is 88.0 Å². The third-order valence-electron chi connectivity index (χ3n) is 9.62. The van der Waals surface area contributed by atoms with Gasteiger partial charge in [0.2, 0.25) is 5.91 Å². The van der Waals surface area contributed by atoms with Gasteiger partial charge in [0.15, 0.2) is 6.29 Å². The number of aliphatic hydroxyl groups is 1. The molecule has 3 aromatic rings. The van der Waals surface area contributed by atoms with Gasteiger partial charge in [0.25, 0.3) is 0 Å². The summed E-state index contributed by atoms with van der Waals surface area (Å²) in [5, 5.41) is 12.5. The van der Waals surface area contributed by atoms with Crippen molar-refractivity contribution in [3.8, 4) is 11.1 Å². The minimum absolute atomic E-state index is 0.0337. The molecule has 3 fully saturated rings. The third-order valence-corrected chi connectivity index (χ3v) is 9.62. The average molecular weight is 583 g/mol. The fourth-order valence-corrected chi connectivity index (χ4v) is 8.08. The zero-order valence-corrected chi connectivity index (χ0v) is 26.0. The van der Waals surface area contributed by atoms with Crippen molar-refractivity contribution >= 4 is 5.91 Å². The zero-order valence-electron chi connectivity index (χ0n) is 26.0. The van der Waals surface area contributed by atoms with Gasteiger partial charge in [0.05, 0.1) is 18.8 Å². The van der Waals surface area contributed by atoms with E-state index in [2.05, 4.69) is 79.5 Å². The molecule has 0 radical (unpaired) electrons. The Bertz CT molecular complexity index is 1420. The molecule has 2 saturated heterocycles. The van der Waals surface area contributed by atoms with Crippen LogP contribution in [0, 0.1) is 10.8 Å². The van der Waals surface area contributed by atoms with Crippen LogP contribution >= 0.6 is 0 Å². The maximum atomic E-state index is 11.5. The summed E-state index contributed by atoms with van der Waals surface area (Å²) in [5.74, 6) is -0.0398. The maximum Gasteiger partial charge on any atom is 0.217 e. The molecular formula is C37H46N2O4. The van der Waals surface area contributed by atoms with Crippen LogP contribution in [-0.4, -0.2) is 41.1 Å². The van der Waals surface area contributed by atoms with Crippen molar-refractivity contribution in [2.45, 2.75) is 91.1 Å². The molecule has 0 aromatic heterocycles. The highest BCUT2D eigenvalue weighted by Crippen LogP contribution is 2.53. The van der Waals surface area contributed by atoms with E-state index in [9.17, 15) is 9.90 Å². The Morgan fingerprint density at radius 3 is 2.40 bits per heavy atom. The summed E-state index contributed by atoms with van der Waals surface area (Å²) in [7, 11) is 0. The second-order valence-corrected chi connectivity index (χ2v) is 14.2. The van der Waals surface area contributed by atoms with Gasteiger partial charge in [-0.15, -0.1) is 0 Å². The number of likely N-dealkylation sites (tertiary alicyclic amines) is 1. The van der Waals surface area contributed by atoms with Crippen molar-refractivity contribution in [2.75, 3.05) is 13.1 Å². The molecule has 2 aliphatic heterocycles. The summed E-state index contributed by atoms with van der Waals surface area (Å²) in [6.07, 6.45) is 4.08. The van der Waals surface area contributed by atoms with Crippen LogP contribution in [0.3, 0.4) is 0 Å². The van der Waals surface area contributed by atoms with Crippen LogP contribution in [0.2, 0.25) is 0 Å². The minimum atomic E-state index is -0.473. The van der Waals surface area contributed by atoms with Gasteiger partial charge in [-0.3, -0.25) is 9.69 Å². The first-order valence-electron chi connectivity index (χ1n) is 15.8. The highest BCUT2D eigenvalue weighted by Gasteiger charge is 2.50. The first-order chi connectivity index (χ1) is 20.6. The highest BCUT2D eigenvalue weighted by molar-refractivity contribution is 5.74. The number of ether oxygens (including phenoxy) is 2. The quantitative estimate of drug-likeness (QED) is 0.302. The van der Waals surface area contributed by atoms with E-state index < -0.39 is 6.29 Å². The largest absolute Gasteiger partial charge is 0.392 e. The molecule has 3 aliphatic rings. The van der Waals surface area contributed by atoms with Gasteiger partial charge in [0, 0.05) is 44.6 Å². The molecule has 1 amide bonds. The Labute approximate surface area is 256 Å². The molecule has 228 valence electrons. The van der Waals surface area contributed by atoms with Gasteiger partial charge < -0.3 is 19.9 Å². The average Bonchev–Trinajstić information content (AvgIpc) is 3.23. The number of carbonyl (C=O) groups excluding carboxylic acids is 1. The first kappa shape index (κ1) is 30.0. The number of hydrogen-bond donors (Lipinski definition) is 2. The van der Waals surface area contributed by atoms with Gasteiger partial charge >= 0.3 is 0 Å². The topological polar surface area (TPSA) is 71.0 Å². The molecular weight excluding hydrogens is 536 g/mol. The van der Waals surface area contributed by atoms with Crippen molar-refractivity contribution in [1.82, 2.24) is 10.2 Å². The summed E-state index contributed by atoms with van der Waals surface area (Å²) in [6.45, 7) is 11.4. The lowest BCUT2D eigenvalue weighted by Gasteiger charge is -2.41. The summed E-state index contributed by atoms with van der Waals surface area (Å²) < 4.78 is 13.4. The van der Waals surface area contributed by atoms with E-state index in [1.807, 2.05) is 24.3 Å². The summed E-state index contributed by atoms with van der Waals surface area (Å²) in [6, 6.07) is 25.4. The van der Waals surface area contributed by atoms with Crippen LogP contribution < -0.4 is 5.32 Å². The van der Waals surface area contributed by atoms with Gasteiger partial charge in [-0.05, 0) is 57.9 Å². The third kappa shape index (κ3) is 6.88. The van der Waals surface area contributed by atoms with Crippen molar-refractivity contribution in [2.24, 2.45) is 10.8 Å². The summed E-state index contributed by atoms with van der Waals surface area (Å²) >= 11 is 0. The van der Waals surface area contributed by atoms with Crippen LogP contribution in [0.15, 0.2) is 72.8 Å². The maximum absolute atomic E-state index is 11.5. The van der Waals surface area contributed by atoms with E-state index in [1.54, 1.807) is 6.92 Å². The minimum Gasteiger partial charge on any atom is -0.392 e. The lowest BCUT2D eigenvalue weighted by Crippen LogP contribution is -2.42. The first-order valence-corrected chi connectivity index (χ1v) is 15.8. The predicted octanol–water partition coefficient (Wildman–Crippen LogP) is 6.93. The van der Waals surface area contributed by atoms with Crippen molar-refractivity contribution in [3.63, 3.8) is 0 Å². The molecule has 2 bridgehead atoms. The van der Waals surface area contributed by atoms with E-state index in [-0.39, 0.29) is 24.7 Å². The normalized spacial score (nSPS) is 28.5. The van der Waals surface area contributed by atoms with E-state index in [1.165, 1.54) is 19.3 Å². The molecule has 43 heavy (non-hydrogen) atoms. The monoisotopic (exact) mass is 582 g/mol. The lowest BCUT2D eigenvalue weighted by atomic mass is 9.65. The fourth-order valence-electron chi connectivity index (χ4n) is 8.08.